The van der Waals surface area contributed by atoms with Crippen molar-refractivity contribution in [3.63, 3.8) is 0 Å². The van der Waals surface area contributed by atoms with Crippen LogP contribution in [-0.4, -0.2) is 4.98 Å². The predicted octanol–water partition coefficient (Wildman–Crippen LogP) is 2.98. The van der Waals surface area contributed by atoms with Crippen molar-refractivity contribution in [2.45, 2.75) is 6.92 Å². The average Bonchev–Trinajstić information content (AvgIpc) is 2.61. The molecule has 5 heteroatoms. The second-order valence-electron chi connectivity index (χ2n) is 3.10. The Labute approximate surface area is 89.4 Å². The molecule has 0 saturated heterocycles. The smallest absolute Gasteiger partial charge is 0.180 e. The molecule has 0 aliphatic carbocycles. The van der Waals surface area contributed by atoms with Crippen molar-refractivity contribution < 1.29 is 8.78 Å². The van der Waals surface area contributed by atoms with Gasteiger partial charge in [-0.1, -0.05) is 0 Å². The molecule has 0 atom stereocenters. The van der Waals surface area contributed by atoms with Gasteiger partial charge >= 0.3 is 0 Å². The number of anilines is 1. The van der Waals surface area contributed by atoms with Gasteiger partial charge in [-0.2, -0.15) is 0 Å². The molecule has 1 aromatic carbocycles. The number of thiazole rings is 1. The summed E-state index contributed by atoms with van der Waals surface area (Å²) in [6.45, 7) is 1.39. The van der Waals surface area contributed by atoms with Gasteiger partial charge < -0.3 is 5.73 Å². The third-order valence-electron chi connectivity index (χ3n) is 2.12. The predicted molar refractivity (Wildman–Crippen MR) is 56.6 cm³/mol. The summed E-state index contributed by atoms with van der Waals surface area (Å²) in [7, 11) is 0. The lowest BCUT2D eigenvalue weighted by molar-refractivity contribution is 0.570. The van der Waals surface area contributed by atoms with E-state index in [9.17, 15) is 8.78 Å². The summed E-state index contributed by atoms with van der Waals surface area (Å²) in [6.07, 6.45) is 0. The van der Waals surface area contributed by atoms with Gasteiger partial charge in [0, 0.05) is 16.5 Å². The number of nitrogens with zero attached hydrogens (tertiary/aromatic N) is 1. The van der Waals surface area contributed by atoms with E-state index in [1.54, 1.807) is 5.38 Å². The Morgan fingerprint density at radius 2 is 2.07 bits per heavy atom. The molecule has 2 nitrogen and oxygen atoms in total. The van der Waals surface area contributed by atoms with Gasteiger partial charge in [0.1, 0.15) is 11.6 Å². The maximum atomic E-state index is 13.6. The van der Waals surface area contributed by atoms with Crippen LogP contribution in [0.3, 0.4) is 0 Å². The second-order valence-corrected chi connectivity index (χ2v) is 3.99. The van der Waals surface area contributed by atoms with E-state index >= 15 is 0 Å². The molecule has 0 aliphatic rings. The molecule has 2 aromatic rings. The lowest BCUT2D eigenvalue weighted by Gasteiger charge is -2.03. The number of rotatable bonds is 1. The fraction of sp³-hybridized carbons (Fsp3) is 0.100. The normalized spacial score (nSPS) is 10.6. The molecule has 0 saturated carbocycles. The maximum Gasteiger partial charge on any atom is 0.180 e. The summed E-state index contributed by atoms with van der Waals surface area (Å²) in [6, 6.07) is 2.59. The Kier molecular flexibility index (Phi) is 2.40. The van der Waals surface area contributed by atoms with Crippen molar-refractivity contribution in [2.75, 3.05) is 5.73 Å². The summed E-state index contributed by atoms with van der Waals surface area (Å²) in [5.41, 5.74) is 6.17. The highest BCUT2D eigenvalue weighted by molar-refractivity contribution is 7.13. The first-order chi connectivity index (χ1) is 7.09. The summed E-state index contributed by atoms with van der Waals surface area (Å²) < 4.78 is 26.6. The van der Waals surface area contributed by atoms with E-state index in [0.717, 1.165) is 0 Å². The van der Waals surface area contributed by atoms with Gasteiger partial charge in [-0.3, -0.25) is 0 Å². The van der Waals surface area contributed by atoms with Crippen molar-refractivity contribution >= 4 is 16.5 Å². The molecular formula is C10H8F2N2S. The van der Waals surface area contributed by atoms with Gasteiger partial charge in [-0.25, -0.2) is 13.8 Å². The lowest BCUT2D eigenvalue weighted by atomic mass is 10.1. The summed E-state index contributed by atoms with van der Waals surface area (Å²) in [5.74, 6) is -1.14. The number of halogens is 2. The van der Waals surface area contributed by atoms with Gasteiger partial charge in [0.15, 0.2) is 5.13 Å². The number of nitrogens with two attached hydrogens (primary N) is 1. The molecule has 0 fully saturated rings. The molecule has 78 valence electrons. The van der Waals surface area contributed by atoms with Crippen LogP contribution in [0.2, 0.25) is 0 Å². The van der Waals surface area contributed by atoms with Gasteiger partial charge in [-0.15, -0.1) is 11.3 Å². The molecule has 0 bridgehead atoms. The largest absolute Gasteiger partial charge is 0.375 e. The van der Waals surface area contributed by atoms with Gasteiger partial charge in [0.25, 0.3) is 0 Å². The van der Waals surface area contributed by atoms with Crippen LogP contribution in [0, 0.1) is 18.6 Å². The van der Waals surface area contributed by atoms with E-state index in [1.165, 1.54) is 30.4 Å². The van der Waals surface area contributed by atoms with Crippen molar-refractivity contribution in [3.05, 3.63) is 34.7 Å². The van der Waals surface area contributed by atoms with Crippen LogP contribution in [0.15, 0.2) is 17.5 Å². The Morgan fingerprint density at radius 3 is 2.67 bits per heavy atom. The second kappa shape index (κ2) is 3.58. The minimum Gasteiger partial charge on any atom is -0.375 e. The molecule has 0 spiro atoms. The molecule has 15 heavy (non-hydrogen) atoms. The minimum absolute atomic E-state index is 0.000860. The topological polar surface area (TPSA) is 38.9 Å². The van der Waals surface area contributed by atoms with E-state index in [2.05, 4.69) is 4.98 Å². The molecular weight excluding hydrogens is 218 g/mol. The van der Waals surface area contributed by atoms with Crippen molar-refractivity contribution in [1.82, 2.24) is 4.98 Å². The van der Waals surface area contributed by atoms with E-state index in [-0.39, 0.29) is 11.1 Å². The monoisotopic (exact) mass is 226 g/mol. The van der Waals surface area contributed by atoms with E-state index in [1.807, 2.05) is 0 Å². The maximum absolute atomic E-state index is 13.6. The third-order valence-corrected chi connectivity index (χ3v) is 2.79. The van der Waals surface area contributed by atoms with Crippen molar-refractivity contribution in [2.24, 2.45) is 0 Å². The van der Waals surface area contributed by atoms with E-state index in [0.29, 0.717) is 10.8 Å². The SMILES string of the molecule is Cc1c(F)ccc(-c2csc(N)n2)c1F. The molecule has 0 unspecified atom stereocenters. The molecule has 2 N–H and O–H groups in total. The molecule has 0 radical (unpaired) electrons. The standard InChI is InChI=1S/C10H8F2N2S/c1-5-7(11)3-2-6(9(5)12)8-4-15-10(13)14-8/h2-4H,1H3,(H2,13,14). The Bertz CT molecular complexity index is 508. The lowest BCUT2D eigenvalue weighted by Crippen LogP contribution is -1.93. The van der Waals surface area contributed by atoms with Crippen molar-refractivity contribution in [1.29, 1.82) is 0 Å². The number of hydrogen-bond acceptors (Lipinski definition) is 3. The van der Waals surface area contributed by atoms with Crippen LogP contribution < -0.4 is 5.73 Å². The fourth-order valence-electron chi connectivity index (χ4n) is 1.27. The first-order valence-electron chi connectivity index (χ1n) is 4.25. The van der Waals surface area contributed by atoms with E-state index in [4.69, 9.17) is 5.73 Å². The quantitative estimate of drug-likeness (QED) is 0.811. The highest BCUT2D eigenvalue weighted by atomic mass is 32.1. The molecule has 1 aromatic heterocycles. The number of hydrogen-bond donors (Lipinski definition) is 1. The number of aromatic nitrogens is 1. The Balaban J connectivity index is 2.59. The summed E-state index contributed by atoms with van der Waals surface area (Å²) in [5, 5.41) is 2.01. The Hall–Kier alpha value is -1.49. The van der Waals surface area contributed by atoms with Crippen LogP contribution in [-0.2, 0) is 0 Å². The van der Waals surface area contributed by atoms with Crippen LogP contribution in [0.5, 0.6) is 0 Å². The molecule has 0 amide bonds. The zero-order valence-electron chi connectivity index (χ0n) is 7.92. The fourth-order valence-corrected chi connectivity index (χ4v) is 1.83. The molecule has 2 rings (SSSR count). The van der Waals surface area contributed by atoms with Crippen LogP contribution in [0.25, 0.3) is 11.3 Å². The first-order valence-corrected chi connectivity index (χ1v) is 5.13. The van der Waals surface area contributed by atoms with E-state index < -0.39 is 11.6 Å². The van der Waals surface area contributed by atoms with Crippen LogP contribution in [0.1, 0.15) is 5.56 Å². The van der Waals surface area contributed by atoms with Gasteiger partial charge in [0.05, 0.1) is 5.69 Å². The zero-order chi connectivity index (χ0) is 11.0. The van der Waals surface area contributed by atoms with Crippen molar-refractivity contribution in [3.8, 4) is 11.3 Å². The highest BCUT2D eigenvalue weighted by Crippen LogP contribution is 2.27. The number of nitrogen functional groups attached to an aromatic ring is 1. The summed E-state index contributed by atoms with van der Waals surface area (Å²) in [4.78, 5) is 3.95. The Morgan fingerprint density at radius 1 is 1.33 bits per heavy atom. The van der Waals surface area contributed by atoms with Crippen LogP contribution >= 0.6 is 11.3 Å². The minimum atomic E-state index is -0.583. The zero-order valence-corrected chi connectivity index (χ0v) is 8.74. The molecule has 1 heterocycles. The van der Waals surface area contributed by atoms with Crippen LogP contribution in [0.4, 0.5) is 13.9 Å². The van der Waals surface area contributed by atoms with Gasteiger partial charge in [0.2, 0.25) is 0 Å². The highest BCUT2D eigenvalue weighted by Gasteiger charge is 2.13. The number of benzene rings is 1. The van der Waals surface area contributed by atoms with Gasteiger partial charge in [-0.05, 0) is 19.1 Å². The summed E-state index contributed by atoms with van der Waals surface area (Å²) >= 11 is 1.22. The average molecular weight is 226 g/mol. The third kappa shape index (κ3) is 1.70. The molecule has 0 aliphatic heterocycles. The first kappa shape index (κ1) is 10.0.